The number of aromatic nitrogens is 4. The van der Waals surface area contributed by atoms with Crippen molar-refractivity contribution in [3.8, 4) is 11.4 Å². The molecule has 2 saturated heterocycles. The summed E-state index contributed by atoms with van der Waals surface area (Å²) in [6.45, 7) is 11.0. The number of aryl methyl sites for hydroxylation is 1. The van der Waals surface area contributed by atoms with Gasteiger partial charge in [-0.25, -0.2) is 19.3 Å². The van der Waals surface area contributed by atoms with Crippen LogP contribution in [-0.2, 0) is 0 Å². The molecule has 2 fully saturated rings. The smallest absolute Gasteiger partial charge is 0.254 e. The Morgan fingerprint density at radius 3 is 2.57 bits per heavy atom. The Morgan fingerprint density at radius 2 is 1.91 bits per heavy atom. The van der Waals surface area contributed by atoms with Crippen LogP contribution in [0.5, 0.6) is 0 Å². The molecule has 4 heterocycles. The van der Waals surface area contributed by atoms with E-state index in [1.165, 1.54) is 6.20 Å². The molecule has 35 heavy (non-hydrogen) atoms. The predicted octanol–water partition coefficient (Wildman–Crippen LogP) is 4.42. The van der Waals surface area contributed by atoms with Gasteiger partial charge >= 0.3 is 0 Å². The van der Waals surface area contributed by atoms with Crippen LogP contribution in [0.25, 0.3) is 11.4 Å². The van der Waals surface area contributed by atoms with Crippen molar-refractivity contribution in [2.75, 3.05) is 25.0 Å². The Morgan fingerprint density at radius 1 is 1.14 bits per heavy atom. The van der Waals surface area contributed by atoms with E-state index in [1.807, 2.05) is 54.5 Å². The molecule has 1 N–H and O–H groups in total. The lowest BCUT2D eigenvalue weighted by molar-refractivity contribution is 0.0625. The van der Waals surface area contributed by atoms with Gasteiger partial charge in [-0.1, -0.05) is 6.92 Å². The second-order valence-electron chi connectivity index (χ2n) is 9.74. The maximum absolute atomic E-state index is 14.6. The first kappa shape index (κ1) is 23.4. The van der Waals surface area contributed by atoms with Crippen LogP contribution >= 0.6 is 0 Å². The SMILES string of the molecule is CCCN1C[C@@H]2C[C@H]1CN2C(=O)c1ccc(Nc2ncc(F)c(-c3cnc(C)n3C(C)C)n2)cc1. The summed E-state index contributed by atoms with van der Waals surface area (Å²) in [5, 5.41) is 3.13. The molecule has 2 aromatic heterocycles. The molecule has 8 nitrogen and oxygen atoms in total. The highest BCUT2D eigenvalue weighted by Gasteiger charge is 2.44. The van der Waals surface area contributed by atoms with Gasteiger partial charge in [-0.05, 0) is 64.4 Å². The highest BCUT2D eigenvalue weighted by Crippen LogP contribution is 2.32. The Bertz CT molecular complexity index is 1220. The summed E-state index contributed by atoms with van der Waals surface area (Å²) in [6.07, 6.45) is 5.02. The number of carbonyl (C=O) groups is 1. The van der Waals surface area contributed by atoms with E-state index in [4.69, 9.17) is 0 Å². The van der Waals surface area contributed by atoms with Gasteiger partial charge in [0, 0.05) is 42.5 Å². The van der Waals surface area contributed by atoms with E-state index in [2.05, 4.69) is 32.1 Å². The number of halogens is 1. The highest BCUT2D eigenvalue weighted by molar-refractivity contribution is 5.95. The number of imidazole rings is 1. The molecular formula is C26H32FN7O. The van der Waals surface area contributed by atoms with Gasteiger partial charge in [0.25, 0.3) is 5.91 Å². The van der Waals surface area contributed by atoms with Crippen LogP contribution in [0.15, 0.2) is 36.7 Å². The number of benzene rings is 1. The average Bonchev–Trinajstić information content (AvgIpc) is 3.54. The zero-order chi connectivity index (χ0) is 24.7. The van der Waals surface area contributed by atoms with Crippen molar-refractivity contribution < 1.29 is 9.18 Å². The molecule has 1 amide bonds. The number of nitrogens with one attached hydrogen (secondary N) is 1. The third-order valence-corrected chi connectivity index (χ3v) is 7.00. The fourth-order valence-electron chi connectivity index (χ4n) is 5.44. The molecule has 184 valence electrons. The second kappa shape index (κ2) is 9.37. The topological polar surface area (TPSA) is 79.2 Å². The number of hydrogen-bond donors (Lipinski definition) is 1. The van der Waals surface area contributed by atoms with Crippen molar-refractivity contribution in [2.45, 2.75) is 58.7 Å². The third-order valence-electron chi connectivity index (χ3n) is 7.00. The van der Waals surface area contributed by atoms with Gasteiger partial charge in [0.15, 0.2) is 5.82 Å². The number of carbonyl (C=O) groups excluding carboxylic acids is 1. The summed E-state index contributed by atoms with van der Waals surface area (Å²) in [5.41, 5.74) is 2.20. The first-order chi connectivity index (χ1) is 16.9. The molecule has 2 aliphatic heterocycles. The van der Waals surface area contributed by atoms with Crippen LogP contribution in [0.2, 0.25) is 0 Å². The van der Waals surface area contributed by atoms with E-state index < -0.39 is 5.82 Å². The monoisotopic (exact) mass is 477 g/mol. The normalized spacial score (nSPS) is 19.7. The molecule has 0 aliphatic carbocycles. The van der Waals surface area contributed by atoms with Gasteiger partial charge in [-0.15, -0.1) is 0 Å². The first-order valence-electron chi connectivity index (χ1n) is 12.3. The number of likely N-dealkylation sites (tertiary alicyclic amines) is 2. The molecule has 2 bridgehead atoms. The summed E-state index contributed by atoms with van der Waals surface area (Å²) >= 11 is 0. The Labute approximate surface area is 205 Å². The average molecular weight is 478 g/mol. The summed E-state index contributed by atoms with van der Waals surface area (Å²) < 4.78 is 16.6. The largest absolute Gasteiger partial charge is 0.333 e. The maximum Gasteiger partial charge on any atom is 0.254 e. The van der Waals surface area contributed by atoms with Gasteiger partial charge in [-0.3, -0.25) is 9.69 Å². The number of rotatable bonds is 7. The molecule has 9 heteroatoms. The molecule has 0 unspecified atom stereocenters. The van der Waals surface area contributed by atoms with Gasteiger partial charge in [-0.2, -0.15) is 0 Å². The molecule has 0 saturated carbocycles. The van der Waals surface area contributed by atoms with Crippen molar-refractivity contribution >= 4 is 17.5 Å². The van der Waals surface area contributed by atoms with E-state index in [9.17, 15) is 9.18 Å². The van der Waals surface area contributed by atoms with Crippen molar-refractivity contribution in [3.63, 3.8) is 0 Å². The number of fused-ring (bicyclic) bond motifs is 2. The fourth-order valence-corrected chi connectivity index (χ4v) is 5.44. The van der Waals surface area contributed by atoms with Gasteiger partial charge in [0.05, 0.1) is 18.1 Å². The van der Waals surface area contributed by atoms with Crippen LogP contribution in [0.4, 0.5) is 16.0 Å². The number of amides is 1. The van der Waals surface area contributed by atoms with Gasteiger partial charge in [0.1, 0.15) is 11.5 Å². The molecule has 2 aliphatic rings. The molecule has 0 spiro atoms. The van der Waals surface area contributed by atoms with Gasteiger partial charge < -0.3 is 14.8 Å². The minimum absolute atomic E-state index is 0.0813. The van der Waals surface area contributed by atoms with Crippen LogP contribution < -0.4 is 5.32 Å². The number of piperazine rings is 1. The second-order valence-corrected chi connectivity index (χ2v) is 9.74. The molecule has 3 aromatic rings. The van der Waals surface area contributed by atoms with E-state index in [-0.39, 0.29) is 23.6 Å². The Hall–Kier alpha value is -3.33. The fraction of sp³-hybridized carbons (Fsp3) is 0.462. The molecule has 5 rings (SSSR count). The minimum atomic E-state index is -0.504. The van der Waals surface area contributed by atoms with Crippen LogP contribution in [0.1, 0.15) is 55.8 Å². The highest BCUT2D eigenvalue weighted by atomic mass is 19.1. The third kappa shape index (κ3) is 4.40. The lowest BCUT2D eigenvalue weighted by Crippen LogP contribution is -2.48. The lowest BCUT2D eigenvalue weighted by Gasteiger charge is -2.34. The first-order valence-corrected chi connectivity index (χ1v) is 12.3. The van der Waals surface area contributed by atoms with E-state index in [0.29, 0.717) is 23.3 Å². The molecule has 0 radical (unpaired) electrons. The summed E-state index contributed by atoms with van der Waals surface area (Å²) in [6, 6.07) is 8.23. The van der Waals surface area contributed by atoms with Crippen LogP contribution in [0, 0.1) is 12.7 Å². The molecule has 1 aromatic carbocycles. The molecule has 2 atom stereocenters. The zero-order valence-electron chi connectivity index (χ0n) is 20.7. The van der Waals surface area contributed by atoms with Gasteiger partial charge in [0.2, 0.25) is 5.95 Å². The van der Waals surface area contributed by atoms with E-state index in [1.54, 1.807) is 6.20 Å². The summed E-state index contributed by atoms with van der Waals surface area (Å²) in [5.74, 6) is 0.656. The summed E-state index contributed by atoms with van der Waals surface area (Å²) in [7, 11) is 0. The summed E-state index contributed by atoms with van der Waals surface area (Å²) in [4.78, 5) is 30.5. The minimum Gasteiger partial charge on any atom is -0.333 e. The molecular weight excluding hydrogens is 445 g/mol. The van der Waals surface area contributed by atoms with Crippen molar-refractivity contribution in [1.82, 2.24) is 29.3 Å². The van der Waals surface area contributed by atoms with E-state index in [0.717, 1.165) is 44.0 Å². The number of nitrogens with zero attached hydrogens (tertiary/aromatic N) is 6. The lowest BCUT2D eigenvalue weighted by atomic mass is 10.1. The quantitative estimate of drug-likeness (QED) is 0.543. The number of anilines is 2. The number of hydrogen-bond acceptors (Lipinski definition) is 6. The van der Waals surface area contributed by atoms with Crippen molar-refractivity contribution in [2.24, 2.45) is 0 Å². The Balaban J connectivity index is 1.29. The van der Waals surface area contributed by atoms with Crippen LogP contribution in [0.3, 0.4) is 0 Å². The maximum atomic E-state index is 14.6. The Kier molecular flexibility index (Phi) is 6.27. The van der Waals surface area contributed by atoms with Crippen molar-refractivity contribution in [3.05, 3.63) is 53.9 Å². The zero-order valence-corrected chi connectivity index (χ0v) is 20.7. The van der Waals surface area contributed by atoms with E-state index >= 15 is 0 Å². The predicted molar refractivity (Wildman–Crippen MR) is 133 cm³/mol. The van der Waals surface area contributed by atoms with Crippen molar-refractivity contribution in [1.29, 1.82) is 0 Å². The standard InChI is InChI=1S/C26H32FN7O/c1-5-10-32-14-21-11-20(32)15-33(21)25(35)18-6-8-19(9-7-18)30-26-29-12-22(27)24(31-26)23-13-28-17(4)34(23)16(2)3/h6-9,12-13,16,20-21H,5,10-11,14-15H2,1-4H3,(H,29,30,31)/t20-,21-/m0/s1. The van der Waals surface area contributed by atoms with Crippen LogP contribution in [-0.4, -0.2) is 66.9 Å².